The molecule has 5 aromatic rings. The Bertz CT molecular complexity index is 1480. The molecule has 5 rings (SSSR count). The SMILES string of the molecule is O=C(Nc1oc(-c2ccccc2-c2ccccc2O)nc1-c1cccc(S)c1)c1ccccc1. The van der Waals surface area contributed by atoms with E-state index in [1.807, 2.05) is 66.7 Å². The highest BCUT2D eigenvalue weighted by Crippen LogP contribution is 2.40. The van der Waals surface area contributed by atoms with Gasteiger partial charge in [0.1, 0.15) is 11.4 Å². The molecule has 0 saturated heterocycles. The molecule has 2 N–H and O–H groups in total. The number of oxazole rings is 1. The van der Waals surface area contributed by atoms with Crippen LogP contribution in [0.1, 0.15) is 10.4 Å². The Kier molecular flexibility index (Phi) is 5.89. The van der Waals surface area contributed by atoms with E-state index in [1.54, 1.807) is 36.4 Å². The molecule has 0 aliphatic heterocycles. The number of carbonyl (C=O) groups excluding carboxylic acids is 1. The first-order chi connectivity index (χ1) is 16.6. The van der Waals surface area contributed by atoms with E-state index in [-0.39, 0.29) is 17.5 Å². The van der Waals surface area contributed by atoms with Crippen molar-refractivity contribution in [1.82, 2.24) is 4.98 Å². The predicted molar refractivity (Wildman–Crippen MR) is 136 cm³/mol. The van der Waals surface area contributed by atoms with Crippen LogP contribution in [0.4, 0.5) is 5.88 Å². The molecule has 0 atom stereocenters. The Labute approximate surface area is 202 Å². The second-order valence-electron chi connectivity index (χ2n) is 7.63. The first-order valence-electron chi connectivity index (χ1n) is 10.6. The van der Waals surface area contributed by atoms with Crippen molar-refractivity contribution in [2.45, 2.75) is 4.90 Å². The molecule has 4 aromatic carbocycles. The maximum atomic E-state index is 12.9. The molecule has 1 aromatic heterocycles. The highest BCUT2D eigenvalue weighted by molar-refractivity contribution is 7.80. The summed E-state index contributed by atoms with van der Waals surface area (Å²) in [7, 11) is 0. The second kappa shape index (κ2) is 9.29. The van der Waals surface area contributed by atoms with Crippen molar-refractivity contribution in [3.05, 3.63) is 109 Å². The van der Waals surface area contributed by atoms with Gasteiger partial charge in [-0.05, 0) is 42.0 Å². The van der Waals surface area contributed by atoms with E-state index in [9.17, 15) is 9.90 Å². The van der Waals surface area contributed by atoms with Gasteiger partial charge in [0.15, 0.2) is 0 Å². The molecular formula is C28H20N2O3S. The highest BCUT2D eigenvalue weighted by Gasteiger charge is 2.21. The first kappa shape index (κ1) is 21.6. The Morgan fingerprint density at radius 1 is 0.794 bits per heavy atom. The van der Waals surface area contributed by atoms with E-state index in [0.29, 0.717) is 28.3 Å². The van der Waals surface area contributed by atoms with Crippen molar-refractivity contribution >= 4 is 24.4 Å². The van der Waals surface area contributed by atoms with Crippen LogP contribution in [-0.2, 0) is 0 Å². The minimum absolute atomic E-state index is 0.155. The molecule has 0 saturated carbocycles. The number of phenolic OH excluding ortho intramolecular Hbond substituents is 1. The number of benzene rings is 4. The number of hydrogen-bond acceptors (Lipinski definition) is 5. The molecule has 6 heteroatoms. The summed E-state index contributed by atoms with van der Waals surface area (Å²) < 4.78 is 6.14. The maximum Gasteiger partial charge on any atom is 0.258 e. The molecule has 0 aliphatic carbocycles. The van der Waals surface area contributed by atoms with E-state index in [0.717, 1.165) is 16.0 Å². The third kappa shape index (κ3) is 4.31. The molecule has 0 spiro atoms. The molecule has 1 amide bonds. The third-order valence-electron chi connectivity index (χ3n) is 5.36. The lowest BCUT2D eigenvalue weighted by Gasteiger charge is -2.08. The maximum absolute atomic E-state index is 12.9. The fourth-order valence-electron chi connectivity index (χ4n) is 3.74. The second-order valence-corrected chi connectivity index (χ2v) is 8.15. The van der Waals surface area contributed by atoms with Gasteiger partial charge in [-0.3, -0.25) is 10.1 Å². The van der Waals surface area contributed by atoms with Gasteiger partial charge in [-0.15, -0.1) is 12.6 Å². The normalized spacial score (nSPS) is 10.7. The van der Waals surface area contributed by atoms with Crippen LogP contribution in [0.5, 0.6) is 5.75 Å². The van der Waals surface area contributed by atoms with Gasteiger partial charge in [0.05, 0.1) is 0 Å². The smallest absolute Gasteiger partial charge is 0.258 e. The Morgan fingerprint density at radius 3 is 2.21 bits per heavy atom. The quantitative estimate of drug-likeness (QED) is 0.247. The van der Waals surface area contributed by atoms with Gasteiger partial charge < -0.3 is 9.52 Å². The largest absolute Gasteiger partial charge is 0.507 e. The molecule has 5 nitrogen and oxygen atoms in total. The van der Waals surface area contributed by atoms with E-state index in [2.05, 4.69) is 17.9 Å². The minimum atomic E-state index is -0.305. The molecular weight excluding hydrogens is 444 g/mol. The number of nitrogens with one attached hydrogen (secondary N) is 1. The van der Waals surface area contributed by atoms with Crippen molar-refractivity contribution in [2.75, 3.05) is 5.32 Å². The lowest BCUT2D eigenvalue weighted by molar-refractivity contribution is 0.102. The van der Waals surface area contributed by atoms with Crippen LogP contribution in [0.25, 0.3) is 33.8 Å². The predicted octanol–water partition coefficient (Wildman–Crippen LogP) is 6.92. The summed E-state index contributed by atoms with van der Waals surface area (Å²) in [6, 6.07) is 31.0. The molecule has 0 unspecified atom stereocenters. The van der Waals surface area contributed by atoms with Crippen LogP contribution < -0.4 is 5.32 Å². The van der Waals surface area contributed by atoms with Gasteiger partial charge in [-0.2, -0.15) is 0 Å². The number of nitrogens with zero attached hydrogens (tertiary/aromatic N) is 1. The number of para-hydroxylation sites is 1. The summed E-state index contributed by atoms with van der Waals surface area (Å²) >= 11 is 4.44. The van der Waals surface area contributed by atoms with Crippen molar-refractivity contribution in [1.29, 1.82) is 0 Å². The number of rotatable bonds is 5. The molecule has 0 bridgehead atoms. The minimum Gasteiger partial charge on any atom is -0.507 e. The average Bonchev–Trinajstić information content (AvgIpc) is 3.28. The molecule has 0 aliphatic rings. The molecule has 0 radical (unpaired) electrons. The van der Waals surface area contributed by atoms with Crippen molar-refractivity contribution < 1.29 is 14.3 Å². The zero-order valence-corrected chi connectivity index (χ0v) is 18.9. The Balaban J connectivity index is 1.64. The number of aromatic nitrogens is 1. The lowest BCUT2D eigenvalue weighted by Crippen LogP contribution is -2.11. The number of phenols is 1. The van der Waals surface area contributed by atoms with Crippen LogP contribution in [-0.4, -0.2) is 16.0 Å². The van der Waals surface area contributed by atoms with Crippen molar-refractivity contribution in [2.24, 2.45) is 0 Å². The monoisotopic (exact) mass is 464 g/mol. The zero-order valence-electron chi connectivity index (χ0n) is 18.0. The van der Waals surface area contributed by atoms with Gasteiger partial charge in [-0.1, -0.05) is 66.7 Å². The summed E-state index contributed by atoms with van der Waals surface area (Å²) in [6.07, 6.45) is 0. The van der Waals surface area contributed by atoms with E-state index < -0.39 is 0 Å². The Hall–Kier alpha value is -4.29. The molecule has 166 valence electrons. The fraction of sp³-hybridized carbons (Fsp3) is 0. The topological polar surface area (TPSA) is 75.4 Å². The van der Waals surface area contributed by atoms with Crippen LogP contribution in [0.15, 0.2) is 112 Å². The van der Waals surface area contributed by atoms with Crippen LogP contribution in [0.3, 0.4) is 0 Å². The summed E-state index contributed by atoms with van der Waals surface area (Å²) in [4.78, 5) is 18.4. The Morgan fingerprint density at radius 2 is 1.47 bits per heavy atom. The van der Waals surface area contributed by atoms with E-state index in [1.165, 1.54) is 0 Å². The van der Waals surface area contributed by atoms with Gasteiger partial charge in [0, 0.05) is 27.1 Å². The van der Waals surface area contributed by atoms with E-state index in [4.69, 9.17) is 9.40 Å². The van der Waals surface area contributed by atoms with Crippen LogP contribution >= 0.6 is 12.6 Å². The lowest BCUT2D eigenvalue weighted by atomic mass is 9.99. The summed E-state index contributed by atoms with van der Waals surface area (Å²) in [5, 5.41) is 13.3. The number of amides is 1. The van der Waals surface area contributed by atoms with Crippen LogP contribution in [0.2, 0.25) is 0 Å². The van der Waals surface area contributed by atoms with Crippen LogP contribution in [0, 0.1) is 0 Å². The third-order valence-corrected chi connectivity index (χ3v) is 5.64. The van der Waals surface area contributed by atoms with Gasteiger partial charge in [-0.25, -0.2) is 4.98 Å². The number of anilines is 1. The number of thiol groups is 1. The van der Waals surface area contributed by atoms with E-state index >= 15 is 0 Å². The standard InChI is InChI=1S/C28H20N2O3S/c31-24-16-7-6-14-22(24)21-13-4-5-15-23(21)27-29-25(19-11-8-12-20(34)17-19)28(33-27)30-26(32)18-9-2-1-3-10-18/h1-17,31,34H,(H,30,32). The molecule has 0 fully saturated rings. The van der Waals surface area contributed by atoms with Gasteiger partial charge in [0.2, 0.25) is 11.8 Å². The van der Waals surface area contributed by atoms with Crippen molar-refractivity contribution in [3.8, 4) is 39.6 Å². The van der Waals surface area contributed by atoms with Gasteiger partial charge >= 0.3 is 0 Å². The number of hydrogen-bond donors (Lipinski definition) is 3. The van der Waals surface area contributed by atoms with Crippen molar-refractivity contribution in [3.63, 3.8) is 0 Å². The summed E-state index contributed by atoms with van der Waals surface area (Å²) in [5.41, 5.74) is 3.85. The summed E-state index contributed by atoms with van der Waals surface area (Å²) in [5.74, 6) is 0.402. The average molecular weight is 465 g/mol. The molecule has 1 heterocycles. The fourth-order valence-corrected chi connectivity index (χ4v) is 3.96. The number of carbonyl (C=O) groups is 1. The van der Waals surface area contributed by atoms with Gasteiger partial charge in [0.25, 0.3) is 5.91 Å². The first-order valence-corrected chi connectivity index (χ1v) is 11.1. The highest BCUT2D eigenvalue weighted by atomic mass is 32.1. The number of aromatic hydroxyl groups is 1. The molecule has 34 heavy (non-hydrogen) atoms. The zero-order chi connectivity index (χ0) is 23.5. The summed E-state index contributed by atoms with van der Waals surface area (Å²) in [6.45, 7) is 0.